The van der Waals surface area contributed by atoms with Crippen LogP contribution in [0, 0.1) is 5.92 Å². The van der Waals surface area contributed by atoms with Crippen molar-refractivity contribution in [3.05, 3.63) is 28.5 Å². The summed E-state index contributed by atoms with van der Waals surface area (Å²) in [7, 11) is 0. The van der Waals surface area contributed by atoms with Crippen LogP contribution < -0.4 is 5.32 Å². The first-order valence-electron chi connectivity index (χ1n) is 7.18. The Balaban J connectivity index is 1.87. The van der Waals surface area contributed by atoms with Crippen molar-refractivity contribution in [3.63, 3.8) is 0 Å². The SMILES string of the molecule is CC(C)C(=O)NC1CCN(C(=O)c2ccc(Br)cn2)CC1. The molecule has 1 N–H and O–H groups in total. The van der Waals surface area contributed by atoms with Gasteiger partial charge in [-0.3, -0.25) is 9.59 Å². The van der Waals surface area contributed by atoms with Gasteiger partial charge >= 0.3 is 0 Å². The topological polar surface area (TPSA) is 62.3 Å². The molecule has 1 aliphatic rings. The molecule has 21 heavy (non-hydrogen) atoms. The van der Waals surface area contributed by atoms with Gasteiger partial charge in [0.05, 0.1) is 0 Å². The number of aromatic nitrogens is 1. The van der Waals surface area contributed by atoms with Crippen LogP contribution in [0.4, 0.5) is 0 Å². The second-order valence-electron chi connectivity index (χ2n) is 5.59. The molecule has 2 amide bonds. The number of carbonyl (C=O) groups excluding carboxylic acids is 2. The van der Waals surface area contributed by atoms with Crippen molar-refractivity contribution in [2.75, 3.05) is 13.1 Å². The first kappa shape index (κ1) is 15.9. The van der Waals surface area contributed by atoms with Gasteiger partial charge in [0, 0.05) is 35.7 Å². The molecule has 0 saturated carbocycles. The number of halogens is 1. The molecule has 1 saturated heterocycles. The van der Waals surface area contributed by atoms with E-state index in [1.165, 1.54) is 0 Å². The van der Waals surface area contributed by atoms with E-state index in [1.807, 2.05) is 19.9 Å². The highest BCUT2D eigenvalue weighted by Gasteiger charge is 2.25. The molecule has 2 rings (SSSR count). The predicted octanol–water partition coefficient (Wildman–Crippen LogP) is 2.22. The Bertz CT molecular complexity index is 508. The summed E-state index contributed by atoms with van der Waals surface area (Å²) in [4.78, 5) is 29.9. The third-order valence-electron chi connectivity index (χ3n) is 3.60. The minimum Gasteiger partial charge on any atom is -0.353 e. The highest BCUT2D eigenvalue weighted by molar-refractivity contribution is 9.10. The van der Waals surface area contributed by atoms with Crippen molar-refractivity contribution < 1.29 is 9.59 Å². The van der Waals surface area contributed by atoms with E-state index in [2.05, 4.69) is 26.2 Å². The molecule has 5 nitrogen and oxygen atoms in total. The monoisotopic (exact) mass is 353 g/mol. The van der Waals surface area contributed by atoms with Crippen molar-refractivity contribution in [2.24, 2.45) is 5.92 Å². The van der Waals surface area contributed by atoms with Gasteiger partial charge in [0.1, 0.15) is 5.69 Å². The third-order valence-corrected chi connectivity index (χ3v) is 4.07. The minimum atomic E-state index is -0.0452. The highest BCUT2D eigenvalue weighted by atomic mass is 79.9. The molecule has 1 aromatic rings. The normalized spacial score (nSPS) is 16.1. The van der Waals surface area contributed by atoms with Crippen molar-refractivity contribution in [2.45, 2.75) is 32.7 Å². The summed E-state index contributed by atoms with van der Waals surface area (Å²) in [6.07, 6.45) is 3.21. The Hall–Kier alpha value is -1.43. The molecule has 1 fully saturated rings. The van der Waals surface area contributed by atoms with Crippen LogP contribution >= 0.6 is 15.9 Å². The fourth-order valence-corrected chi connectivity index (χ4v) is 2.49. The number of hydrogen-bond donors (Lipinski definition) is 1. The first-order chi connectivity index (χ1) is 9.97. The summed E-state index contributed by atoms with van der Waals surface area (Å²) in [6, 6.07) is 3.70. The number of nitrogens with one attached hydrogen (secondary N) is 1. The zero-order valence-corrected chi connectivity index (χ0v) is 13.9. The smallest absolute Gasteiger partial charge is 0.272 e. The largest absolute Gasteiger partial charge is 0.353 e. The maximum atomic E-state index is 12.3. The number of pyridine rings is 1. The van der Waals surface area contributed by atoms with Gasteiger partial charge in [-0.25, -0.2) is 4.98 Å². The second kappa shape index (κ2) is 7.02. The van der Waals surface area contributed by atoms with E-state index in [4.69, 9.17) is 0 Å². The van der Waals surface area contributed by atoms with Crippen molar-refractivity contribution in [1.82, 2.24) is 15.2 Å². The van der Waals surface area contributed by atoms with Crippen molar-refractivity contribution in [1.29, 1.82) is 0 Å². The summed E-state index contributed by atoms with van der Waals surface area (Å²) in [5, 5.41) is 3.03. The van der Waals surface area contributed by atoms with Crippen LogP contribution in [0.2, 0.25) is 0 Å². The van der Waals surface area contributed by atoms with Gasteiger partial charge in [-0.2, -0.15) is 0 Å². The summed E-state index contributed by atoms with van der Waals surface area (Å²) >= 11 is 3.31. The van der Waals surface area contributed by atoms with E-state index in [0.29, 0.717) is 18.8 Å². The number of rotatable bonds is 3. The molecule has 0 aliphatic carbocycles. The van der Waals surface area contributed by atoms with Crippen LogP contribution in [0.25, 0.3) is 0 Å². The van der Waals surface area contributed by atoms with Gasteiger partial charge in [0.2, 0.25) is 5.91 Å². The zero-order chi connectivity index (χ0) is 15.4. The maximum Gasteiger partial charge on any atom is 0.272 e. The van der Waals surface area contributed by atoms with E-state index in [1.54, 1.807) is 17.2 Å². The first-order valence-corrected chi connectivity index (χ1v) is 7.98. The Labute approximate surface area is 133 Å². The van der Waals surface area contributed by atoms with E-state index in [-0.39, 0.29) is 23.8 Å². The van der Waals surface area contributed by atoms with Crippen LogP contribution in [0.3, 0.4) is 0 Å². The summed E-state index contributed by atoms with van der Waals surface area (Å²) in [6.45, 7) is 5.07. The van der Waals surface area contributed by atoms with E-state index in [0.717, 1.165) is 17.3 Å². The average Bonchev–Trinajstić information content (AvgIpc) is 2.48. The molecule has 0 bridgehead atoms. The lowest BCUT2D eigenvalue weighted by Gasteiger charge is -2.32. The van der Waals surface area contributed by atoms with E-state index in [9.17, 15) is 9.59 Å². The summed E-state index contributed by atoms with van der Waals surface area (Å²) in [5.41, 5.74) is 0.461. The van der Waals surface area contributed by atoms with Crippen LogP contribution in [-0.4, -0.2) is 40.8 Å². The summed E-state index contributed by atoms with van der Waals surface area (Å²) in [5.74, 6) is 0.0297. The quantitative estimate of drug-likeness (QED) is 0.906. The molecule has 0 radical (unpaired) electrons. The lowest BCUT2D eigenvalue weighted by atomic mass is 10.0. The Kier molecular flexibility index (Phi) is 5.33. The predicted molar refractivity (Wildman–Crippen MR) is 83.8 cm³/mol. The van der Waals surface area contributed by atoms with E-state index >= 15 is 0 Å². The lowest BCUT2D eigenvalue weighted by molar-refractivity contribution is -0.124. The molecule has 6 heteroatoms. The number of nitrogens with zero attached hydrogens (tertiary/aromatic N) is 2. The lowest BCUT2D eigenvalue weighted by Crippen LogP contribution is -2.47. The van der Waals surface area contributed by atoms with Gasteiger partial charge in [-0.15, -0.1) is 0 Å². The average molecular weight is 354 g/mol. The van der Waals surface area contributed by atoms with Crippen LogP contribution in [0.15, 0.2) is 22.8 Å². The second-order valence-corrected chi connectivity index (χ2v) is 6.51. The number of piperidine rings is 1. The minimum absolute atomic E-state index is 0.00312. The fourth-order valence-electron chi connectivity index (χ4n) is 2.26. The van der Waals surface area contributed by atoms with Gasteiger partial charge in [0.15, 0.2) is 0 Å². The Morgan fingerprint density at radius 2 is 2.00 bits per heavy atom. The molecule has 0 atom stereocenters. The zero-order valence-electron chi connectivity index (χ0n) is 12.3. The molecule has 0 aromatic carbocycles. The standard InChI is InChI=1S/C15H20BrN3O2/c1-10(2)14(20)18-12-5-7-19(8-6-12)15(21)13-4-3-11(16)9-17-13/h3-4,9-10,12H,5-8H2,1-2H3,(H,18,20). The molecule has 0 unspecified atom stereocenters. The number of hydrogen-bond acceptors (Lipinski definition) is 3. The van der Waals surface area contributed by atoms with Crippen molar-refractivity contribution >= 4 is 27.7 Å². The third kappa shape index (κ3) is 4.27. The molecule has 114 valence electrons. The molecular weight excluding hydrogens is 334 g/mol. The number of amides is 2. The Morgan fingerprint density at radius 1 is 1.33 bits per heavy atom. The van der Waals surface area contributed by atoms with Gasteiger partial charge in [0.25, 0.3) is 5.91 Å². The van der Waals surface area contributed by atoms with Crippen LogP contribution in [0.5, 0.6) is 0 Å². The molecule has 1 aliphatic heterocycles. The number of carbonyl (C=O) groups is 2. The van der Waals surface area contributed by atoms with Crippen molar-refractivity contribution in [3.8, 4) is 0 Å². The highest BCUT2D eigenvalue weighted by Crippen LogP contribution is 2.15. The Morgan fingerprint density at radius 3 is 2.52 bits per heavy atom. The van der Waals surface area contributed by atoms with Gasteiger partial charge < -0.3 is 10.2 Å². The van der Waals surface area contributed by atoms with Crippen LogP contribution in [0.1, 0.15) is 37.2 Å². The molecule has 1 aromatic heterocycles. The number of likely N-dealkylation sites (tertiary alicyclic amines) is 1. The molecular formula is C15H20BrN3O2. The summed E-state index contributed by atoms with van der Waals surface area (Å²) < 4.78 is 0.856. The van der Waals surface area contributed by atoms with Gasteiger partial charge in [-0.05, 0) is 40.9 Å². The molecule has 0 spiro atoms. The van der Waals surface area contributed by atoms with Gasteiger partial charge in [-0.1, -0.05) is 13.8 Å². The molecule has 2 heterocycles. The fraction of sp³-hybridized carbons (Fsp3) is 0.533. The van der Waals surface area contributed by atoms with Crippen LogP contribution in [-0.2, 0) is 4.79 Å². The maximum absolute atomic E-state index is 12.3. The van der Waals surface area contributed by atoms with E-state index < -0.39 is 0 Å².